The van der Waals surface area contributed by atoms with Crippen LogP contribution in [0.2, 0.25) is 0 Å². The molecule has 1 unspecified atom stereocenters. The third kappa shape index (κ3) is 4.64. The van der Waals surface area contributed by atoms with Gasteiger partial charge in [0.2, 0.25) is 0 Å². The average molecular weight is 381 g/mol. The first-order valence-corrected chi connectivity index (χ1v) is 8.39. The molecular formula is C14H16BrF3N2S. The molecule has 1 aliphatic heterocycles. The van der Waals surface area contributed by atoms with Gasteiger partial charge in [-0.15, -0.1) is 0 Å². The third-order valence-corrected chi connectivity index (χ3v) is 4.56. The van der Waals surface area contributed by atoms with Crippen molar-refractivity contribution in [3.8, 4) is 0 Å². The minimum Gasteiger partial charge on any atom is -0.335 e. The van der Waals surface area contributed by atoms with Gasteiger partial charge in [0.1, 0.15) is 0 Å². The van der Waals surface area contributed by atoms with Crippen LogP contribution in [0.4, 0.5) is 18.9 Å². The quantitative estimate of drug-likeness (QED) is 0.742. The number of amidine groups is 1. The Labute approximate surface area is 134 Å². The number of rotatable bonds is 2. The molecule has 0 saturated heterocycles. The second-order valence-electron chi connectivity index (χ2n) is 5.23. The van der Waals surface area contributed by atoms with Crippen LogP contribution in [0.25, 0.3) is 0 Å². The van der Waals surface area contributed by atoms with E-state index in [0.717, 1.165) is 24.3 Å². The second-order valence-corrected chi connectivity index (χ2v) is 7.23. The molecule has 1 heterocycles. The summed E-state index contributed by atoms with van der Waals surface area (Å²) in [4.78, 5) is 4.57. The SMILES string of the molecule is CC(C)C1CCSC(Nc2cc(Br)cc(C(F)(F)F)c2)=N1. The fourth-order valence-electron chi connectivity index (χ4n) is 2.03. The smallest absolute Gasteiger partial charge is 0.335 e. The van der Waals surface area contributed by atoms with Crippen molar-refractivity contribution in [2.75, 3.05) is 11.1 Å². The fraction of sp³-hybridized carbons (Fsp3) is 0.500. The molecule has 1 aromatic carbocycles. The Morgan fingerprint density at radius 2 is 2.05 bits per heavy atom. The van der Waals surface area contributed by atoms with Gasteiger partial charge in [-0.05, 0) is 30.5 Å². The zero-order valence-corrected chi connectivity index (χ0v) is 14.1. The number of nitrogens with zero attached hydrogens (tertiary/aromatic N) is 1. The van der Waals surface area contributed by atoms with E-state index >= 15 is 0 Å². The minimum atomic E-state index is -4.36. The Balaban J connectivity index is 2.21. The molecule has 2 nitrogen and oxygen atoms in total. The topological polar surface area (TPSA) is 24.4 Å². The summed E-state index contributed by atoms with van der Waals surface area (Å²) in [6, 6.07) is 4.02. The Kier molecular flexibility index (Phi) is 5.24. The van der Waals surface area contributed by atoms with Crippen molar-refractivity contribution in [3.05, 3.63) is 28.2 Å². The van der Waals surface area contributed by atoms with Crippen molar-refractivity contribution in [2.24, 2.45) is 10.9 Å². The molecule has 1 atom stereocenters. The van der Waals surface area contributed by atoms with E-state index in [4.69, 9.17) is 0 Å². The Bertz CT molecular complexity index is 544. The fourth-order valence-corrected chi connectivity index (χ4v) is 3.47. The molecule has 7 heteroatoms. The summed E-state index contributed by atoms with van der Waals surface area (Å²) in [5.74, 6) is 1.35. The van der Waals surface area contributed by atoms with Gasteiger partial charge < -0.3 is 5.32 Å². The van der Waals surface area contributed by atoms with E-state index in [2.05, 4.69) is 40.1 Å². The monoisotopic (exact) mass is 380 g/mol. The van der Waals surface area contributed by atoms with Crippen molar-refractivity contribution in [2.45, 2.75) is 32.5 Å². The minimum absolute atomic E-state index is 0.225. The summed E-state index contributed by atoms with van der Waals surface area (Å²) < 4.78 is 38.8. The highest BCUT2D eigenvalue weighted by Crippen LogP contribution is 2.34. The summed E-state index contributed by atoms with van der Waals surface area (Å²) in [5.41, 5.74) is -0.284. The van der Waals surface area contributed by atoms with Gasteiger partial charge in [-0.25, -0.2) is 0 Å². The number of benzene rings is 1. The molecule has 2 rings (SSSR count). The van der Waals surface area contributed by atoms with Crippen molar-refractivity contribution in [1.82, 2.24) is 0 Å². The lowest BCUT2D eigenvalue weighted by molar-refractivity contribution is -0.137. The van der Waals surface area contributed by atoms with Crippen molar-refractivity contribution < 1.29 is 13.2 Å². The van der Waals surface area contributed by atoms with Crippen LogP contribution in [0.15, 0.2) is 27.7 Å². The molecule has 0 saturated carbocycles. The van der Waals surface area contributed by atoms with Crippen LogP contribution >= 0.6 is 27.7 Å². The first-order valence-electron chi connectivity index (χ1n) is 6.61. The van der Waals surface area contributed by atoms with Gasteiger partial charge in [-0.2, -0.15) is 13.2 Å². The van der Waals surface area contributed by atoms with Gasteiger partial charge in [-0.1, -0.05) is 41.5 Å². The molecule has 0 aliphatic carbocycles. The number of thioether (sulfide) groups is 1. The first kappa shape index (κ1) is 16.7. The molecule has 0 spiro atoms. The molecule has 1 aliphatic rings. The lowest BCUT2D eigenvalue weighted by Gasteiger charge is -2.23. The van der Waals surface area contributed by atoms with E-state index in [1.807, 2.05) is 0 Å². The van der Waals surface area contributed by atoms with Crippen molar-refractivity contribution in [3.63, 3.8) is 0 Å². The highest BCUT2D eigenvalue weighted by atomic mass is 79.9. The molecule has 0 amide bonds. The van der Waals surface area contributed by atoms with Gasteiger partial charge in [0.25, 0.3) is 0 Å². The maximum Gasteiger partial charge on any atom is 0.416 e. The van der Waals surface area contributed by atoms with Crippen LogP contribution in [0.1, 0.15) is 25.8 Å². The lowest BCUT2D eigenvalue weighted by Crippen LogP contribution is -2.24. The van der Waals surface area contributed by atoms with Crippen molar-refractivity contribution >= 4 is 38.5 Å². The zero-order chi connectivity index (χ0) is 15.6. The van der Waals surface area contributed by atoms with E-state index < -0.39 is 11.7 Å². The number of hydrogen-bond donors (Lipinski definition) is 1. The predicted molar refractivity (Wildman–Crippen MR) is 85.9 cm³/mol. The first-order chi connectivity index (χ1) is 9.75. The summed E-state index contributed by atoms with van der Waals surface area (Å²) in [7, 11) is 0. The normalized spacial score (nSPS) is 19.6. The van der Waals surface area contributed by atoms with E-state index in [-0.39, 0.29) is 6.04 Å². The lowest BCUT2D eigenvalue weighted by atomic mass is 10.0. The van der Waals surface area contributed by atoms with E-state index in [1.54, 1.807) is 17.8 Å². The van der Waals surface area contributed by atoms with Crippen LogP contribution in [-0.2, 0) is 6.18 Å². The number of anilines is 1. The Morgan fingerprint density at radius 3 is 2.67 bits per heavy atom. The predicted octanol–water partition coefficient (Wildman–Crippen LogP) is 5.40. The van der Waals surface area contributed by atoms with Crippen molar-refractivity contribution in [1.29, 1.82) is 0 Å². The summed E-state index contributed by atoms with van der Waals surface area (Å²) in [5, 5.41) is 3.69. The van der Waals surface area contributed by atoms with Gasteiger partial charge in [0, 0.05) is 15.9 Å². The molecule has 0 aromatic heterocycles. The van der Waals surface area contributed by atoms with Gasteiger partial charge >= 0.3 is 6.18 Å². The third-order valence-electron chi connectivity index (χ3n) is 3.18. The molecule has 21 heavy (non-hydrogen) atoms. The molecule has 0 bridgehead atoms. The molecule has 1 N–H and O–H groups in total. The summed E-state index contributed by atoms with van der Waals surface area (Å²) in [6.07, 6.45) is -3.36. The van der Waals surface area contributed by atoms with Crippen LogP contribution in [0.5, 0.6) is 0 Å². The number of alkyl halides is 3. The second kappa shape index (κ2) is 6.60. The number of nitrogens with one attached hydrogen (secondary N) is 1. The summed E-state index contributed by atoms with van der Waals surface area (Å²) in [6.45, 7) is 4.20. The van der Waals surface area contributed by atoms with Crippen LogP contribution in [0, 0.1) is 5.92 Å². The zero-order valence-electron chi connectivity index (χ0n) is 11.7. The number of halogens is 4. The van der Waals surface area contributed by atoms with Gasteiger partial charge in [0.15, 0.2) is 5.17 Å². The maximum atomic E-state index is 12.8. The number of aliphatic imine (C=N–C) groups is 1. The molecule has 0 fully saturated rings. The van der Waals surface area contributed by atoms with Gasteiger partial charge in [-0.3, -0.25) is 4.99 Å². The standard InChI is InChI=1S/C14H16BrF3N2S/c1-8(2)12-3-4-21-13(20-12)19-11-6-9(14(16,17)18)5-10(15)7-11/h5-8,12H,3-4H2,1-2H3,(H,19,20). The molecule has 0 radical (unpaired) electrons. The van der Waals surface area contributed by atoms with E-state index in [1.165, 1.54) is 0 Å². The largest absolute Gasteiger partial charge is 0.416 e. The van der Waals surface area contributed by atoms with E-state index in [9.17, 15) is 13.2 Å². The van der Waals surface area contributed by atoms with Crippen LogP contribution in [-0.4, -0.2) is 17.0 Å². The highest BCUT2D eigenvalue weighted by Gasteiger charge is 2.31. The van der Waals surface area contributed by atoms with Crippen LogP contribution in [0.3, 0.4) is 0 Å². The van der Waals surface area contributed by atoms with E-state index in [0.29, 0.717) is 21.2 Å². The molecule has 1 aromatic rings. The Morgan fingerprint density at radius 1 is 1.33 bits per heavy atom. The Hall–Kier alpha value is -0.690. The van der Waals surface area contributed by atoms with Gasteiger partial charge in [0.05, 0.1) is 11.6 Å². The average Bonchev–Trinajstić information content (AvgIpc) is 2.37. The van der Waals surface area contributed by atoms with Crippen LogP contribution < -0.4 is 5.32 Å². The molecule has 116 valence electrons. The maximum absolute atomic E-state index is 12.8. The highest BCUT2D eigenvalue weighted by molar-refractivity contribution is 9.10. The summed E-state index contributed by atoms with van der Waals surface area (Å²) >= 11 is 4.66. The number of hydrogen-bond acceptors (Lipinski definition) is 3. The molecular weight excluding hydrogens is 365 g/mol.